The summed E-state index contributed by atoms with van der Waals surface area (Å²) in [6, 6.07) is 7.16. The molecule has 0 N–H and O–H groups in total. The topological polar surface area (TPSA) is 32.7 Å². The summed E-state index contributed by atoms with van der Waals surface area (Å²) in [5, 5.41) is 0.650. The number of halogens is 1. The number of carbonyl (C=O) groups excluding carboxylic acids is 1. The molecule has 17 heavy (non-hydrogen) atoms. The molecule has 0 saturated heterocycles. The number of nitrogens with zero attached hydrogens (tertiary/aromatic N) is 2. The van der Waals surface area contributed by atoms with Crippen LogP contribution in [0.4, 0.5) is 5.69 Å². The third kappa shape index (κ3) is 1.43. The van der Waals surface area contributed by atoms with Crippen LogP contribution in [0, 0.1) is 0 Å². The van der Waals surface area contributed by atoms with Crippen LogP contribution < -0.4 is 4.90 Å². The van der Waals surface area contributed by atoms with Crippen molar-refractivity contribution in [3.8, 4) is 0 Å². The van der Waals surface area contributed by atoms with Gasteiger partial charge in [0.2, 0.25) is 0 Å². The molecule has 3 rings (SSSR count). The Kier molecular flexibility index (Phi) is 2.16. The van der Waals surface area contributed by atoms with Crippen LogP contribution in [-0.2, 0) is 4.79 Å². The number of carbonyl (C=O) groups is 1. The number of aliphatic imine (C=N–C) groups is 1. The first kappa shape index (κ1) is 10.3. The zero-order valence-electron chi connectivity index (χ0n) is 9.14. The maximum atomic E-state index is 12.1. The number of hydrogen-bond acceptors (Lipinski definition) is 2. The molecule has 0 aliphatic carbocycles. The Morgan fingerprint density at radius 2 is 1.94 bits per heavy atom. The van der Waals surface area contributed by atoms with Crippen LogP contribution in [0.3, 0.4) is 0 Å². The average Bonchev–Trinajstić information content (AvgIpc) is 2.87. The summed E-state index contributed by atoms with van der Waals surface area (Å²) in [5.74, 6) is 0.681. The van der Waals surface area contributed by atoms with Gasteiger partial charge in [0.1, 0.15) is 5.84 Å². The first-order valence-corrected chi connectivity index (χ1v) is 5.62. The highest BCUT2D eigenvalue weighted by Gasteiger charge is 2.35. The van der Waals surface area contributed by atoms with Crippen LogP contribution in [0.15, 0.2) is 52.7 Å². The molecule has 2 aliphatic heterocycles. The molecule has 2 aliphatic rings. The largest absolute Gasteiger partial charge is 0.269 e. The molecule has 0 atom stereocenters. The summed E-state index contributed by atoms with van der Waals surface area (Å²) in [7, 11) is 0. The van der Waals surface area contributed by atoms with Gasteiger partial charge in [0.05, 0.1) is 5.69 Å². The molecule has 1 aromatic rings. The number of anilines is 1. The number of hydrogen-bond donors (Lipinski definition) is 0. The summed E-state index contributed by atoms with van der Waals surface area (Å²) < 4.78 is 0. The van der Waals surface area contributed by atoms with Crippen molar-refractivity contribution in [3.63, 3.8) is 0 Å². The molecule has 84 valence electrons. The second-order valence-corrected chi connectivity index (χ2v) is 4.36. The van der Waals surface area contributed by atoms with E-state index in [-0.39, 0.29) is 5.91 Å². The van der Waals surface area contributed by atoms with E-state index in [1.54, 1.807) is 23.2 Å². The zero-order chi connectivity index (χ0) is 12.0. The fraction of sp³-hybridized carbons (Fsp3) is 0.0769. The molecule has 0 saturated carbocycles. The first-order chi connectivity index (χ1) is 8.18. The van der Waals surface area contributed by atoms with E-state index in [0.29, 0.717) is 10.9 Å². The van der Waals surface area contributed by atoms with E-state index >= 15 is 0 Å². The number of amidine groups is 1. The Labute approximate surface area is 104 Å². The van der Waals surface area contributed by atoms with Gasteiger partial charge in [-0.1, -0.05) is 11.6 Å². The van der Waals surface area contributed by atoms with E-state index < -0.39 is 0 Å². The van der Waals surface area contributed by atoms with Gasteiger partial charge in [0, 0.05) is 22.4 Å². The van der Waals surface area contributed by atoms with Gasteiger partial charge in [-0.25, -0.2) is 4.99 Å². The van der Waals surface area contributed by atoms with E-state index in [0.717, 1.165) is 16.8 Å². The fourth-order valence-corrected chi connectivity index (χ4v) is 2.13. The van der Waals surface area contributed by atoms with Gasteiger partial charge < -0.3 is 0 Å². The summed E-state index contributed by atoms with van der Waals surface area (Å²) in [6.45, 7) is 1.82. The smallest absolute Gasteiger partial charge is 0.260 e. The molecule has 0 radical (unpaired) electrons. The van der Waals surface area contributed by atoms with Crippen molar-refractivity contribution < 1.29 is 4.79 Å². The van der Waals surface area contributed by atoms with Crippen molar-refractivity contribution >= 4 is 29.0 Å². The normalized spacial score (nSPS) is 17.9. The Balaban J connectivity index is 2.07. The van der Waals surface area contributed by atoms with Crippen molar-refractivity contribution in [1.29, 1.82) is 0 Å². The van der Waals surface area contributed by atoms with Gasteiger partial charge in [-0.2, -0.15) is 0 Å². The molecule has 1 aromatic carbocycles. The molecule has 0 aromatic heterocycles. The lowest BCUT2D eigenvalue weighted by molar-refractivity contribution is -0.113. The number of benzene rings is 1. The van der Waals surface area contributed by atoms with Gasteiger partial charge in [0.15, 0.2) is 0 Å². The van der Waals surface area contributed by atoms with E-state index in [1.807, 2.05) is 25.1 Å². The fourth-order valence-electron chi connectivity index (χ4n) is 2.01. The van der Waals surface area contributed by atoms with E-state index in [2.05, 4.69) is 4.99 Å². The van der Waals surface area contributed by atoms with Crippen LogP contribution in [-0.4, -0.2) is 11.7 Å². The van der Waals surface area contributed by atoms with Crippen molar-refractivity contribution in [2.75, 3.05) is 4.90 Å². The van der Waals surface area contributed by atoms with Crippen LogP contribution in [0.2, 0.25) is 5.02 Å². The van der Waals surface area contributed by atoms with Crippen LogP contribution in [0.25, 0.3) is 0 Å². The molecule has 0 bridgehead atoms. The summed E-state index contributed by atoms with van der Waals surface area (Å²) in [4.78, 5) is 18.0. The Morgan fingerprint density at radius 1 is 1.24 bits per heavy atom. The molecule has 0 fully saturated rings. The molecule has 4 heteroatoms. The lowest BCUT2D eigenvalue weighted by atomic mass is 10.2. The lowest BCUT2D eigenvalue weighted by Gasteiger charge is -2.17. The molecule has 1 amide bonds. The SMILES string of the molecule is CC1=C2C=CN=C2N(c2ccc(Cl)cc2)C1=O. The molecule has 0 unspecified atom stereocenters. The number of amides is 1. The highest BCUT2D eigenvalue weighted by atomic mass is 35.5. The van der Waals surface area contributed by atoms with Crippen LogP contribution >= 0.6 is 11.6 Å². The summed E-state index contributed by atoms with van der Waals surface area (Å²) in [5.41, 5.74) is 2.42. The van der Waals surface area contributed by atoms with E-state index in [4.69, 9.17) is 11.6 Å². The zero-order valence-corrected chi connectivity index (χ0v) is 9.90. The van der Waals surface area contributed by atoms with Gasteiger partial charge in [-0.05, 0) is 37.3 Å². The van der Waals surface area contributed by atoms with Crippen molar-refractivity contribution in [1.82, 2.24) is 0 Å². The van der Waals surface area contributed by atoms with Gasteiger partial charge >= 0.3 is 0 Å². The Hall–Kier alpha value is -1.87. The predicted octanol–water partition coefficient (Wildman–Crippen LogP) is 2.93. The van der Waals surface area contributed by atoms with Crippen molar-refractivity contribution in [2.24, 2.45) is 4.99 Å². The molecule has 3 nitrogen and oxygen atoms in total. The van der Waals surface area contributed by atoms with E-state index in [1.165, 1.54) is 0 Å². The summed E-state index contributed by atoms with van der Waals surface area (Å²) in [6.07, 6.45) is 3.57. The maximum absolute atomic E-state index is 12.1. The molecular formula is C13H9ClN2O. The Bertz CT molecular complexity index is 596. The van der Waals surface area contributed by atoms with Crippen LogP contribution in [0.5, 0.6) is 0 Å². The minimum Gasteiger partial charge on any atom is -0.269 e. The lowest BCUT2D eigenvalue weighted by Crippen LogP contribution is -2.30. The van der Waals surface area contributed by atoms with E-state index in [9.17, 15) is 4.79 Å². The standard InChI is InChI=1S/C13H9ClN2O/c1-8-11-6-7-15-12(11)16(13(8)17)10-4-2-9(14)3-5-10/h2-7H,1H3. The molecule has 2 heterocycles. The van der Waals surface area contributed by atoms with Gasteiger partial charge in [0.25, 0.3) is 5.91 Å². The third-order valence-corrected chi connectivity index (χ3v) is 3.16. The quantitative estimate of drug-likeness (QED) is 0.748. The van der Waals surface area contributed by atoms with Crippen molar-refractivity contribution in [3.05, 3.63) is 52.7 Å². The van der Waals surface area contributed by atoms with Crippen molar-refractivity contribution in [2.45, 2.75) is 6.92 Å². The maximum Gasteiger partial charge on any atom is 0.260 e. The number of fused-ring (bicyclic) bond motifs is 1. The monoisotopic (exact) mass is 244 g/mol. The first-order valence-electron chi connectivity index (χ1n) is 5.24. The highest BCUT2D eigenvalue weighted by Crippen LogP contribution is 2.31. The van der Waals surface area contributed by atoms with Gasteiger partial charge in [-0.15, -0.1) is 0 Å². The molecule has 0 spiro atoms. The van der Waals surface area contributed by atoms with Gasteiger partial charge in [-0.3, -0.25) is 9.69 Å². The molecular weight excluding hydrogens is 236 g/mol. The Morgan fingerprint density at radius 3 is 2.65 bits per heavy atom. The minimum absolute atomic E-state index is 0.0228. The summed E-state index contributed by atoms with van der Waals surface area (Å²) >= 11 is 5.84. The third-order valence-electron chi connectivity index (χ3n) is 2.90. The second kappa shape index (κ2) is 3.57. The predicted molar refractivity (Wildman–Crippen MR) is 68.2 cm³/mol. The average molecular weight is 245 g/mol. The minimum atomic E-state index is -0.0228. The van der Waals surface area contributed by atoms with Crippen LogP contribution in [0.1, 0.15) is 6.92 Å². The number of rotatable bonds is 1. The highest BCUT2D eigenvalue weighted by molar-refractivity contribution is 6.36. The second-order valence-electron chi connectivity index (χ2n) is 3.92.